The van der Waals surface area contributed by atoms with Gasteiger partial charge in [0.1, 0.15) is 0 Å². The van der Waals surface area contributed by atoms with Gasteiger partial charge in [0.05, 0.1) is 25.1 Å². The van der Waals surface area contributed by atoms with Crippen molar-refractivity contribution in [3.8, 4) is 11.5 Å². The second-order valence-electron chi connectivity index (χ2n) is 10.7. The zero-order valence-electron chi connectivity index (χ0n) is 27.8. The molecule has 12 nitrogen and oxygen atoms in total. The van der Waals surface area contributed by atoms with Crippen molar-refractivity contribution in [2.75, 3.05) is 12.0 Å². The number of esters is 1. The second kappa shape index (κ2) is 16.1. The summed E-state index contributed by atoms with van der Waals surface area (Å²) >= 11 is 0. The first kappa shape index (κ1) is 35.7. The molecule has 0 spiro atoms. The first-order valence-electron chi connectivity index (χ1n) is 15.0. The Labute approximate surface area is 283 Å². The van der Waals surface area contributed by atoms with Gasteiger partial charge < -0.3 is 29.2 Å². The van der Waals surface area contributed by atoms with Crippen LogP contribution in [0.2, 0.25) is 0 Å². The zero-order chi connectivity index (χ0) is 35.7. The van der Waals surface area contributed by atoms with Gasteiger partial charge in [-0.1, -0.05) is 34.6 Å². The molecule has 1 N–H and O–H groups in total. The van der Waals surface area contributed by atoms with E-state index in [1.54, 1.807) is 38.1 Å². The molecule has 0 heterocycles. The largest absolute Gasteiger partial charge is 0.493 e. The standard InChI is InChI=1S/C37H35N3O9/c1-22(38-48-25(4)43)27-7-13-32(14-8-27)40(33-15-9-28(10-16-33)23(2)39-49-26(5)44)34-17-11-29(12-18-34)36(45)30-19-31(21-41)37(47-24(3)42)35(20-30)46-6/h7-20,41H,21H2,1-6H3. The summed E-state index contributed by atoms with van der Waals surface area (Å²) in [5, 5.41) is 17.6. The van der Waals surface area contributed by atoms with Gasteiger partial charge in [-0.3, -0.25) is 9.59 Å². The number of benzene rings is 4. The predicted octanol–water partition coefficient (Wildman–Crippen LogP) is 6.39. The summed E-state index contributed by atoms with van der Waals surface area (Å²) in [4.78, 5) is 59.1. The van der Waals surface area contributed by atoms with Crippen LogP contribution in [0.25, 0.3) is 0 Å². The molecular formula is C37H35N3O9. The molecule has 0 radical (unpaired) electrons. The molecule has 49 heavy (non-hydrogen) atoms. The third-order valence-electron chi connectivity index (χ3n) is 7.13. The molecular weight excluding hydrogens is 630 g/mol. The van der Waals surface area contributed by atoms with Crippen molar-refractivity contribution in [1.82, 2.24) is 0 Å². The molecule has 4 rings (SSSR count). The monoisotopic (exact) mass is 665 g/mol. The van der Waals surface area contributed by atoms with Crippen LogP contribution in [-0.2, 0) is 30.7 Å². The van der Waals surface area contributed by atoms with E-state index in [0.717, 1.165) is 28.2 Å². The van der Waals surface area contributed by atoms with Gasteiger partial charge in [0.2, 0.25) is 0 Å². The molecule has 0 aliphatic heterocycles. The quantitative estimate of drug-likeness (QED) is 0.0450. The Kier molecular flexibility index (Phi) is 11.7. The lowest BCUT2D eigenvalue weighted by molar-refractivity contribution is -0.141. The number of oxime groups is 2. The number of ketones is 1. The van der Waals surface area contributed by atoms with Gasteiger partial charge in [-0.15, -0.1) is 0 Å². The summed E-state index contributed by atoms with van der Waals surface area (Å²) in [6.45, 7) is 6.76. The topological polar surface area (TPSA) is 153 Å². The van der Waals surface area contributed by atoms with Crippen LogP contribution in [0.1, 0.15) is 67.2 Å². The minimum Gasteiger partial charge on any atom is -0.493 e. The van der Waals surface area contributed by atoms with Crippen molar-refractivity contribution >= 4 is 52.2 Å². The molecule has 0 amide bonds. The molecule has 0 aliphatic carbocycles. The highest BCUT2D eigenvalue weighted by atomic mass is 16.7. The summed E-state index contributed by atoms with van der Waals surface area (Å²) in [7, 11) is 1.38. The van der Waals surface area contributed by atoms with Crippen LogP contribution in [0.3, 0.4) is 0 Å². The first-order valence-corrected chi connectivity index (χ1v) is 15.0. The van der Waals surface area contributed by atoms with E-state index in [-0.39, 0.29) is 28.4 Å². The Morgan fingerprint density at radius 1 is 0.612 bits per heavy atom. The average molecular weight is 666 g/mol. The minimum atomic E-state index is -0.591. The molecule has 0 fully saturated rings. The Hall–Kier alpha value is -6.14. The molecule has 0 bridgehead atoms. The Balaban J connectivity index is 1.72. The van der Waals surface area contributed by atoms with Crippen LogP contribution in [-0.4, -0.2) is 47.3 Å². The van der Waals surface area contributed by atoms with E-state index >= 15 is 0 Å². The molecule has 0 unspecified atom stereocenters. The van der Waals surface area contributed by atoms with E-state index in [1.165, 1.54) is 40.0 Å². The number of carbonyl (C=O) groups is 4. The minimum absolute atomic E-state index is 0.0535. The second-order valence-corrected chi connectivity index (χ2v) is 10.7. The third-order valence-corrected chi connectivity index (χ3v) is 7.13. The van der Waals surface area contributed by atoms with E-state index in [9.17, 15) is 24.3 Å². The number of nitrogens with zero attached hydrogens (tertiary/aromatic N) is 3. The van der Waals surface area contributed by atoms with Crippen molar-refractivity contribution in [3.63, 3.8) is 0 Å². The van der Waals surface area contributed by atoms with E-state index < -0.39 is 24.5 Å². The highest BCUT2D eigenvalue weighted by Crippen LogP contribution is 2.37. The molecule has 12 heteroatoms. The van der Waals surface area contributed by atoms with Crippen molar-refractivity contribution < 1.29 is 43.4 Å². The molecule has 0 atom stereocenters. The van der Waals surface area contributed by atoms with Gasteiger partial charge in [-0.25, -0.2) is 9.59 Å². The number of anilines is 3. The van der Waals surface area contributed by atoms with Crippen molar-refractivity contribution in [2.24, 2.45) is 10.3 Å². The maximum Gasteiger partial charge on any atom is 0.331 e. The maximum absolute atomic E-state index is 13.6. The fraction of sp³-hybridized carbons (Fsp3) is 0.189. The van der Waals surface area contributed by atoms with Crippen LogP contribution in [0.4, 0.5) is 17.1 Å². The number of hydrogen-bond donors (Lipinski definition) is 1. The molecule has 0 saturated heterocycles. The van der Waals surface area contributed by atoms with Crippen LogP contribution in [0.5, 0.6) is 11.5 Å². The van der Waals surface area contributed by atoms with E-state index in [0.29, 0.717) is 17.0 Å². The summed E-state index contributed by atoms with van der Waals surface area (Å²) in [5.41, 5.74) is 5.65. The van der Waals surface area contributed by atoms with Crippen molar-refractivity contribution in [2.45, 2.75) is 41.2 Å². The summed E-state index contributed by atoms with van der Waals surface area (Å²) < 4.78 is 10.6. The lowest BCUT2D eigenvalue weighted by Gasteiger charge is -2.26. The Bertz CT molecular complexity index is 1810. The van der Waals surface area contributed by atoms with E-state index in [2.05, 4.69) is 10.3 Å². The molecule has 0 aromatic heterocycles. The Morgan fingerprint density at radius 3 is 1.41 bits per heavy atom. The molecule has 0 aliphatic rings. The number of methoxy groups -OCH3 is 1. The maximum atomic E-state index is 13.6. The van der Waals surface area contributed by atoms with Gasteiger partial charge in [0, 0.05) is 54.5 Å². The smallest absolute Gasteiger partial charge is 0.331 e. The van der Waals surface area contributed by atoms with Crippen LogP contribution in [0, 0.1) is 0 Å². The number of rotatable bonds is 12. The summed E-state index contributed by atoms with van der Waals surface area (Å²) in [5.74, 6) is -1.77. The van der Waals surface area contributed by atoms with E-state index in [4.69, 9.17) is 19.1 Å². The van der Waals surface area contributed by atoms with Crippen LogP contribution in [0.15, 0.2) is 95.2 Å². The molecule has 4 aromatic rings. The van der Waals surface area contributed by atoms with E-state index in [1.807, 2.05) is 53.4 Å². The number of hydrogen-bond acceptors (Lipinski definition) is 12. The number of aliphatic hydroxyl groups excluding tert-OH is 1. The lowest BCUT2D eigenvalue weighted by Crippen LogP contribution is -2.12. The average Bonchev–Trinajstić information content (AvgIpc) is 3.10. The van der Waals surface area contributed by atoms with Gasteiger partial charge in [0.15, 0.2) is 17.3 Å². The fourth-order valence-corrected chi connectivity index (χ4v) is 4.77. The third kappa shape index (κ3) is 9.02. The van der Waals surface area contributed by atoms with Crippen LogP contribution >= 0.6 is 0 Å². The van der Waals surface area contributed by atoms with Gasteiger partial charge >= 0.3 is 17.9 Å². The molecule has 252 valence electrons. The SMILES string of the molecule is COc1cc(C(=O)c2ccc(N(c3ccc(C(C)=NOC(C)=O)cc3)c3ccc(C(C)=NOC(C)=O)cc3)cc2)cc(CO)c1OC(C)=O. The van der Waals surface area contributed by atoms with Gasteiger partial charge in [-0.05, 0) is 85.6 Å². The highest BCUT2D eigenvalue weighted by molar-refractivity contribution is 6.10. The lowest BCUT2D eigenvalue weighted by atomic mass is 9.99. The predicted molar refractivity (Wildman–Crippen MR) is 183 cm³/mol. The van der Waals surface area contributed by atoms with Crippen molar-refractivity contribution in [1.29, 1.82) is 0 Å². The van der Waals surface area contributed by atoms with Crippen LogP contribution < -0.4 is 14.4 Å². The normalized spacial score (nSPS) is 11.4. The number of ether oxygens (including phenoxy) is 2. The number of aliphatic hydroxyl groups is 1. The molecule has 0 saturated carbocycles. The number of carbonyl (C=O) groups excluding carboxylic acids is 4. The summed E-state index contributed by atoms with van der Waals surface area (Å²) in [6.07, 6.45) is 0. The van der Waals surface area contributed by atoms with Crippen molar-refractivity contribution in [3.05, 3.63) is 113 Å². The Morgan fingerprint density at radius 2 is 1.04 bits per heavy atom. The highest BCUT2D eigenvalue weighted by Gasteiger charge is 2.20. The first-order chi connectivity index (χ1) is 23.4. The van der Waals surface area contributed by atoms with Gasteiger partial charge in [0.25, 0.3) is 0 Å². The summed E-state index contributed by atoms with van der Waals surface area (Å²) in [6, 6.07) is 24.8. The molecule has 4 aromatic carbocycles. The fourth-order valence-electron chi connectivity index (χ4n) is 4.77. The zero-order valence-corrected chi connectivity index (χ0v) is 27.8. The van der Waals surface area contributed by atoms with Gasteiger partial charge in [-0.2, -0.15) is 0 Å².